The lowest BCUT2D eigenvalue weighted by Gasteiger charge is -2.35. The summed E-state index contributed by atoms with van der Waals surface area (Å²) in [5.41, 5.74) is 0.00569. The van der Waals surface area contributed by atoms with Crippen LogP contribution in [-0.2, 0) is 10.2 Å². The van der Waals surface area contributed by atoms with Crippen molar-refractivity contribution in [2.24, 2.45) is 0 Å². The zero-order valence-electron chi connectivity index (χ0n) is 10.2. The Bertz CT molecular complexity index is 694. The molecule has 6 nitrogen and oxygen atoms in total. The lowest BCUT2D eigenvalue weighted by atomic mass is 10.1. The minimum absolute atomic E-state index is 0.0411. The standard InChI is InChI=1S/C11H10ClN3O3S/c1-7(2)15-11(16)8-4-3-5-9(12)10(8)14(6-13)19(15,17)18/h3-5,7H,1-2H3. The van der Waals surface area contributed by atoms with Gasteiger partial charge in [0.2, 0.25) is 6.19 Å². The van der Waals surface area contributed by atoms with Gasteiger partial charge in [0.1, 0.15) is 5.69 Å². The molecule has 8 heteroatoms. The van der Waals surface area contributed by atoms with Crippen LogP contribution >= 0.6 is 11.6 Å². The van der Waals surface area contributed by atoms with E-state index in [1.807, 2.05) is 0 Å². The van der Waals surface area contributed by atoms with Crippen LogP contribution in [0.1, 0.15) is 24.2 Å². The molecule has 0 atom stereocenters. The molecule has 1 aliphatic rings. The second kappa shape index (κ2) is 4.40. The number of nitriles is 1. The smallest absolute Gasteiger partial charge is 0.268 e. The first-order valence-corrected chi connectivity index (χ1v) is 7.17. The van der Waals surface area contributed by atoms with Crippen LogP contribution < -0.4 is 4.31 Å². The van der Waals surface area contributed by atoms with Crippen LogP contribution in [0.5, 0.6) is 0 Å². The van der Waals surface area contributed by atoms with E-state index in [0.29, 0.717) is 8.61 Å². The molecule has 0 aromatic heterocycles. The minimum Gasteiger partial charge on any atom is -0.268 e. The van der Waals surface area contributed by atoms with Crippen molar-refractivity contribution in [1.29, 1.82) is 5.26 Å². The summed E-state index contributed by atoms with van der Waals surface area (Å²) < 4.78 is 25.7. The molecule has 0 radical (unpaired) electrons. The monoisotopic (exact) mass is 299 g/mol. The third-order valence-electron chi connectivity index (χ3n) is 2.66. The fraction of sp³-hybridized carbons (Fsp3) is 0.273. The van der Waals surface area contributed by atoms with Crippen molar-refractivity contribution in [2.45, 2.75) is 19.9 Å². The van der Waals surface area contributed by atoms with E-state index in [4.69, 9.17) is 16.9 Å². The second-order valence-corrected chi connectivity index (χ2v) is 6.26. The number of benzene rings is 1. The molecule has 0 unspecified atom stereocenters. The molecular formula is C11H10ClN3O3S. The number of anilines is 1. The van der Waals surface area contributed by atoms with E-state index in [0.717, 1.165) is 0 Å². The second-order valence-electron chi connectivity index (χ2n) is 4.20. The highest BCUT2D eigenvalue weighted by Crippen LogP contribution is 2.37. The molecule has 1 heterocycles. The summed E-state index contributed by atoms with van der Waals surface area (Å²) in [6.07, 6.45) is 1.56. The Hall–Kier alpha value is -1.78. The number of carbonyl (C=O) groups is 1. The maximum atomic E-state index is 12.3. The molecule has 1 aromatic rings. The number of halogens is 1. The summed E-state index contributed by atoms with van der Waals surface area (Å²) in [6.45, 7) is 3.11. The Balaban J connectivity index is 2.83. The van der Waals surface area contributed by atoms with Gasteiger partial charge in [-0.15, -0.1) is 0 Å². The molecule has 1 aromatic carbocycles. The normalized spacial score (nSPS) is 17.3. The van der Waals surface area contributed by atoms with Crippen LogP contribution in [0.4, 0.5) is 5.69 Å². The van der Waals surface area contributed by atoms with E-state index in [1.54, 1.807) is 20.0 Å². The fourth-order valence-corrected chi connectivity index (χ4v) is 3.78. The van der Waals surface area contributed by atoms with Crippen LogP contribution in [-0.4, -0.2) is 24.7 Å². The molecular weight excluding hydrogens is 290 g/mol. The number of hydrogen-bond acceptors (Lipinski definition) is 4. The predicted octanol–water partition coefficient (Wildman–Crippen LogP) is 1.74. The Morgan fingerprint density at radius 1 is 1.37 bits per heavy atom. The van der Waals surface area contributed by atoms with Crippen LogP contribution in [0.3, 0.4) is 0 Å². The number of carbonyl (C=O) groups excluding carboxylic acids is 1. The third kappa shape index (κ3) is 1.84. The third-order valence-corrected chi connectivity index (χ3v) is 4.77. The van der Waals surface area contributed by atoms with Crippen molar-refractivity contribution in [3.63, 3.8) is 0 Å². The molecule has 19 heavy (non-hydrogen) atoms. The molecule has 0 aliphatic carbocycles. The number of para-hydroxylation sites is 1. The lowest BCUT2D eigenvalue weighted by Crippen LogP contribution is -2.52. The van der Waals surface area contributed by atoms with Gasteiger partial charge in [-0.3, -0.25) is 4.79 Å². The number of hydrogen-bond donors (Lipinski definition) is 0. The first-order valence-electron chi connectivity index (χ1n) is 5.39. The predicted molar refractivity (Wildman–Crippen MR) is 69.8 cm³/mol. The summed E-state index contributed by atoms with van der Waals surface area (Å²) in [4.78, 5) is 12.2. The van der Waals surface area contributed by atoms with Gasteiger partial charge in [-0.25, -0.2) is 4.31 Å². The van der Waals surface area contributed by atoms with E-state index < -0.39 is 22.2 Å². The van der Waals surface area contributed by atoms with Crippen LogP contribution in [0.2, 0.25) is 5.02 Å². The van der Waals surface area contributed by atoms with Crippen LogP contribution in [0.25, 0.3) is 0 Å². The van der Waals surface area contributed by atoms with Gasteiger partial charge in [0.05, 0.1) is 10.6 Å². The van der Waals surface area contributed by atoms with Gasteiger partial charge < -0.3 is 0 Å². The highest BCUT2D eigenvalue weighted by atomic mass is 35.5. The SMILES string of the molecule is CC(C)N1C(=O)c2cccc(Cl)c2N(C#N)S1(=O)=O. The Morgan fingerprint density at radius 2 is 2.00 bits per heavy atom. The molecule has 0 N–H and O–H groups in total. The first-order chi connectivity index (χ1) is 8.82. The number of fused-ring (bicyclic) bond motifs is 1. The van der Waals surface area contributed by atoms with Crippen molar-refractivity contribution in [2.75, 3.05) is 4.31 Å². The Labute approximate surface area is 116 Å². The zero-order valence-corrected chi connectivity index (χ0v) is 11.7. The summed E-state index contributed by atoms with van der Waals surface area (Å²) in [7, 11) is -4.23. The van der Waals surface area contributed by atoms with E-state index in [2.05, 4.69) is 0 Å². The van der Waals surface area contributed by atoms with Crippen LogP contribution in [0, 0.1) is 11.5 Å². The summed E-state index contributed by atoms with van der Waals surface area (Å²) in [6, 6.07) is 3.81. The Morgan fingerprint density at radius 3 is 2.53 bits per heavy atom. The first kappa shape index (κ1) is 13.6. The van der Waals surface area contributed by atoms with Gasteiger partial charge in [-0.2, -0.15) is 18.0 Å². The Kier molecular flexibility index (Phi) is 3.16. The van der Waals surface area contributed by atoms with E-state index in [9.17, 15) is 13.2 Å². The van der Waals surface area contributed by atoms with Crippen molar-refractivity contribution < 1.29 is 13.2 Å². The molecule has 0 fully saturated rings. The van der Waals surface area contributed by atoms with E-state index >= 15 is 0 Å². The van der Waals surface area contributed by atoms with Gasteiger partial charge in [0, 0.05) is 6.04 Å². The highest BCUT2D eigenvalue weighted by Gasteiger charge is 2.44. The number of nitrogens with zero attached hydrogens (tertiary/aromatic N) is 3. The van der Waals surface area contributed by atoms with Crippen molar-refractivity contribution >= 4 is 33.4 Å². The van der Waals surface area contributed by atoms with Crippen molar-refractivity contribution in [3.05, 3.63) is 28.8 Å². The van der Waals surface area contributed by atoms with Crippen molar-refractivity contribution in [3.8, 4) is 6.19 Å². The maximum absolute atomic E-state index is 12.3. The number of rotatable bonds is 1. The van der Waals surface area contributed by atoms with Crippen molar-refractivity contribution in [1.82, 2.24) is 4.31 Å². The molecule has 0 saturated heterocycles. The van der Waals surface area contributed by atoms with Gasteiger partial charge in [-0.05, 0) is 26.0 Å². The molecule has 0 spiro atoms. The quantitative estimate of drug-likeness (QED) is 0.740. The summed E-state index contributed by atoms with van der Waals surface area (Å²) in [5, 5.41) is 9.12. The van der Waals surface area contributed by atoms with Gasteiger partial charge >= 0.3 is 10.2 Å². The maximum Gasteiger partial charge on any atom is 0.341 e. The fourth-order valence-electron chi connectivity index (χ4n) is 1.92. The molecule has 0 saturated carbocycles. The highest BCUT2D eigenvalue weighted by molar-refractivity contribution is 7.91. The van der Waals surface area contributed by atoms with E-state index in [1.165, 1.54) is 18.2 Å². The average Bonchev–Trinajstić information content (AvgIpc) is 2.29. The molecule has 0 bridgehead atoms. The van der Waals surface area contributed by atoms with Crippen LogP contribution in [0.15, 0.2) is 18.2 Å². The topological polar surface area (TPSA) is 81.5 Å². The molecule has 1 aliphatic heterocycles. The van der Waals surface area contributed by atoms with Gasteiger partial charge in [0.15, 0.2) is 0 Å². The summed E-state index contributed by atoms with van der Waals surface area (Å²) in [5.74, 6) is -0.681. The minimum atomic E-state index is -4.23. The number of amides is 1. The largest absolute Gasteiger partial charge is 0.341 e. The molecule has 2 rings (SSSR count). The molecule has 100 valence electrons. The van der Waals surface area contributed by atoms with Gasteiger partial charge in [-0.1, -0.05) is 17.7 Å². The van der Waals surface area contributed by atoms with Gasteiger partial charge in [0.25, 0.3) is 5.91 Å². The van der Waals surface area contributed by atoms with E-state index in [-0.39, 0.29) is 16.3 Å². The molecule has 1 amide bonds. The lowest BCUT2D eigenvalue weighted by molar-refractivity contribution is 0.0832. The average molecular weight is 300 g/mol. The zero-order chi connectivity index (χ0) is 14.4. The summed E-state index contributed by atoms with van der Waals surface area (Å²) >= 11 is 5.91.